The molecule has 61 heavy (non-hydrogen) atoms. The molecule has 6 N–H and O–H groups in total. The van der Waals surface area contributed by atoms with Crippen LogP contribution >= 0.6 is 23.4 Å². The third-order valence-electron chi connectivity index (χ3n) is 8.17. The van der Waals surface area contributed by atoms with Crippen LogP contribution in [0.15, 0.2) is 79.5 Å². The van der Waals surface area contributed by atoms with Crippen LogP contribution in [0.5, 0.6) is 11.5 Å². The second kappa shape index (κ2) is 24.5. The van der Waals surface area contributed by atoms with E-state index in [1.807, 2.05) is 13.8 Å². The number of hydrogen-bond acceptors (Lipinski definition) is 10. The van der Waals surface area contributed by atoms with E-state index in [4.69, 9.17) is 21.1 Å². The average molecular weight is 896 g/mol. The molecule has 3 aromatic rings. The summed E-state index contributed by atoms with van der Waals surface area (Å²) in [6, 6.07) is 13.5. The van der Waals surface area contributed by atoms with Crippen molar-refractivity contribution in [1.82, 2.24) is 16.0 Å². The molecule has 21 heteroatoms. The summed E-state index contributed by atoms with van der Waals surface area (Å²) >= 11 is 7.43. The first-order valence-electron chi connectivity index (χ1n) is 18.2. The monoisotopic (exact) mass is 895 g/mol. The van der Waals surface area contributed by atoms with E-state index >= 15 is 4.39 Å². The van der Waals surface area contributed by atoms with Crippen LogP contribution in [0.1, 0.15) is 49.5 Å². The molecular formula is C40H50ClF4N9O6S. The lowest BCUT2D eigenvalue weighted by molar-refractivity contribution is -0.156. The number of nitrogens with one attached hydrogen (secondary N) is 4. The summed E-state index contributed by atoms with van der Waals surface area (Å²) < 4.78 is 68.2. The number of benzene rings is 3. The van der Waals surface area contributed by atoms with Crippen molar-refractivity contribution >= 4 is 78.4 Å². The Bertz CT molecular complexity index is 2030. The van der Waals surface area contributed by atoms with Crippen LogP contribution in [-0.4, -0.2) is 96.7 Å². The molecule has 0 spiro atoms. The van der Waals surface area contributed by atoms with Crippen molar-refractivity contribution in [2.75, 3.05) is 52.2 Å². The van der Waals surface area contributed by atoms with Gasteiger partial charge in [-0.15, -0.1) is 11.8 Å². The number of methoxy groups -OCH3 is 2. The van der Waals surface area contributed by atoms with Crippen LogP contribution in [0, 0.1) is 11.2 Å². The van der Waals surface area contributed by atoms with E-state index in [0.29, 0.717) is 53.9 Å². The number of thioether (sulfide) groups is 1. The number of aliphatic imine (C=N–C) groups is 4. The Labute approximate surface area is 361 Å². The Balaban J connectivity index is 0.000000562. The van der Waals surface area contributed by atoms with Gasteiger partial charge in [0, 0.05) is 41.7 Å². The zero-order chi connectivity index (χ0) is 45.8. The number of amidine groups is 1. The summed E-state index contributed by atoms with van der Waals surface area (Å²) in [4.78, 5) is 50.8. The minimum Gasteiger partial charge on any atom is -0.493 e. The summed E-state index contributed by atoms with van der Waals surface area (Å²) in [5.74, 6) is -0.268. The number of carbonyl (C=O) groups is 3. The van der Waals surface area contributed by atoms with E-state index in [1.54, 1.807) is 50.6 Å². The second-order valence-electron chi connectivity index (χ2n) is 13.5. The molecule has 15 nitrogen and oxygen atoms in total. The summed E-state index contributed by atoms with van der Waals surface area (Å²) in [7, 11) is 4.63. The Hall–Kier alpha value is -5.73. The van der Waals surface area contributed by atoms with Crippen LogP contribution in [0.4, 0.5) is 28.9 Å². The zero-order valence-electron chi connectivity index (χ0n) is 34.5. The van der Waals surface area contributed by atoms with Gasteiger partial charge in [-0.2, -0.15) is 18.2 Å². The molecule has 3 amide bonds. The molecule has 1 aliphatic rings. The maximum atomic E-state index is 15.0. The standard InChI is InChI=1S/C28H31ClF4N6O3.C11H14N2O3S.CH5N/c1-17(40)35-14-26(2,3)15-36-23(41)21-10-9-20(13-22(21)30)37-24(38-25(34-4)42-16-28(31,32)33)39-27(11-12-27)18-5-7-19(29)8-6-18;1-12-8-4-9(15-2)10(16-3)5-11(8)17-7-13-6-14;1-2/h5-10,13H,4,11-12,14-16H2,1-3H3,(H,35,40)(H,36,41)(H,37,39);4-6H,1,7H2,2-3H3,(H,13,14);2H2,1H3/b38-25+;;. The highest BCUT2D eigenvalue weighted by Gasteiger charge is 2.45. The molecule has 0 radical (unpaired) electrons. The minimum atomic E-state index is -4.64. The van der Waals surface area contributed by atoms with Crippen molar-refractivity contribution in [1.29, 1.82) is 0 Å². The second-order valence-corrected chi connectivity index (χ2v) is 14.9. The molecule has 0 aromatic heterocycles. The highest BCUT2D eigenvalue weighted by molar-refractivity contribution is 7.99. The van der Waals surface area contributed by atoms with E-state index in [2.05, 4.69) is 65.1 Å². The molecule has 1 fully saturated rings. The van der Waals surface area contributed by atoms with E-state index in [-0.39, 0.29) is 29.7 Å². The zero-order valence-corrected chi connectivity index (χ0v) is 36.1. The van der Waals surface area contributed by atoms with E-state index < -0.39 is 41.5 Å². The van der Waals surface area contributed by atoms with Gasteiger partial charge in [0.1, 0.15) is 5.82 Å². The fourth-order valence-electron chi connectivity index (χ4n) is 4.97. The normalized spacial score (nSPS) is 13.1. The summed E-state index contributed by atoms with van der Waals surface area (Å²) in [5, 5.41) is 11.2. The lowest BCUT2D eigenvalue weighted by Gasteiger charge is -2.25. The maximum Gasteiger partial charge on any atom is 0.422 e. The van der Waals surface area contributed by atoms with Gasteiger partial charge in [-0.3, -0.25) is 19.4 Å². The summed E-state index contributed by atoms with van der Waals surface area (Å²) in [6.45, 7) is 10.6. The number of hydrogen-bond donors (Lipinski definition) is 5. The predicted octanol–water partition coefficient (Wildman–Crippen LogP) is 6.87. The average Bonchev–Trinajstić information content (AvgIpc) is 4.01. The molecule has 0 saturated heterocycles. The number of nitrogens with zero attached hydrogens (tertiary/aromatic N) is 4. The van der Waals surface area contributed by atoms with Gasteiger partial charge in [-0.05, 0) is 80.7 Å². The topological polar surface area (TPSA) is 202 Å². The van der Waals surface area contributed by atoms with Crippen molar-refractivity contribution in [2.45, 2.75) is 50.2 Å². The third-order valence-corrected chi connectivity index (χ3v) is 9.37. The highest BCUT2D eigenvalue weighted by atomic mass is 35.5. The number of ether oxygens (including phenoxy) is 3. The molecule has 4 rings (SSSR count). The number of amides is 3. The van der Waals surface area contributed by atoms with Gasteiger partial charge in [0.15, 0.2) is 18.1 Å². The van der Waals surface area contributed by atoms with Gasteiger partial charge >= 0.3 is 12.2 Å². The Morgan fingerprint density at radius 1 is 0.984 bits per heavy atom. The number of guanidine groups is 1. The summed E-state index contributed by atoms with van der Waals surface area (Å²) in [6.07, 6.45) is -2.77. The summed E-state index contributed by atoms with van der Waals surface area (Å²) in [5.41, 5.74) is 4.64. The van der Waals surface area contributed by atoms with Gasteiger partial charge in [-0.25, -0.2) is 14.4 Å². The number of rotatable bonds is 16. The lowest BCUT2D eigenvalue weighted by atomic mass is 9.93. The van der Waals surface area contributed by atoms with Gasteiger partial charge in [-0.1, -0.05) is 37.6 Å². The van der Waals surface area contributed by atoms with E-state index in [9.17, 15) is 27.6 Å². The number of alkyl halides is 3. The Morgan fingerprint density at radius 3 is 2.13 bits per heavy atom. The molecule has 0 atom stereocenters. The third kappa shape index (κ3) is 17.4. The first-order chi connectivity index (χ1) is 28.9. The fraction of sp³-hybridized carbons (Fsp3) is 0.375. The smallest absolute Gasteiger partial charge is 0.422 e. The van der Waals surface area contributed by atoms with Gasteiger partial charge in [0.2, 0.25) is 18.3 Å². The molecule has 1 saturated carbocycles. The molecule has 1 aliphatic carbocycles. The molecular weight excluding hydrogens is 846 g/mol. The Kier molecular flexibility index (Phi) is 20.7. The molecule has 0 heterocycles. The largest absolute Gasteiger partial charge is 0.493 e. The molecule has 0 bridgehead atoms. The van der Waals surface area contributed by atoms with Crippen LogP contribution in [0.2, 0.25) is 5.02 Å². The van der Waals surface area contributed by atoms with Crippen molar-refractivity contribution in [3.8, 4) is 11.5 Å². The van der Waals surface area contributed by atoms with Crippen LogP contribution < -0.4 is 36.5 Å². The number of carbonyl (C=O) groups excluding carboxylic acids is 3. The minimum absolute atomic E-state index is 0.115. The molecule has 332 valence electrons. The molecule has 0 aliphatic heterocycles. The van der Waals surface area contributed by atoms with Crippen molar-refractivity contribution in [3.63, 3.8) is 0 Å². The van der Waals surface area contributed by atoms with Crippen LogP contribution in [-0.2, 0) is 19.9 Å². The van der Waals surface area contributed by atoms with Gasteiger partial charge < -0.3 is 41.2 Å². The molecule has 3 aromatic carbocycles. The van der Waals surface area contributed by atoms with Crippen molar-refractivity contribution < 1.29 is 46.2 Å². The number of halogens is 5. The SMILES string of the molecule is C=N/C(=N\C(=NC1(c2ccc(Cl)cc2)CC1)Nc1ccc(C(=O)NCC(C)(C)CNC(C)=O)c(F)c1)OCC(F)(F)F.C=Nc1cc(OC)c(OC)cc1SCNC=O.CN. The number of anilines is 1. The fourth-order valence-corrected chi connectivity index (χ4v) is 5.86. The van der Waals surface area contributed by atoms with Gasteiger partial charge in [0.05, 0.1) is 36.9 Å². The van der Waals surface area contributed by atoms with Crippen LogP contribution in [0.25, 0.3) is 0 Å². The van der Waals surface area contributed by atoms with Crippen LogP contribution in [0.3, 0.4) is 0 Å². The predicted molar refractivity (Wildman–Crippen MR) is 232 cm³/mol. The Morgan fingerprint density at radius 2 is 1.61 bits per heavy atom. The van der Waals surface area contributed by atoms with E-state index in [1.165, 1.54) is 37.9 Å². The van der Waals surface area contributed by atoms with Crippen molar-refractivity contribution in [2.24, 2.45) is 31.1 Å². The van der Waals surface area contributed by atoms with Gasteiger partial charge in [0.25, 0.3) is 5.91 Å². The van der Waals surface area contributed by atoms with E-state index in [0.717, 1.165) is 16.5 Å². The lowest BCUT2D eigenvalue weighted by Crippen LogP contribution is -2.41. The van der Waals surface area contributed by atoms with Crippen molar-refractivity contribution in [3.05, 3.63) is 76.6 Å². The first kappa shape index (κ1) is 51.4. The quantitative estimate of drug-likeness (QED) is 0.0194. The first-order valence-corrected chi connectivity index (χ1v) is 19.5. The maximum absolute atomic E-state index is 15.0. The molecule has 0 unspecified atom stereocenters. The number of nitrogens with two attached hydrogens (primary N) is 1. The highest BCUT2D eigenvalue weighted by Crippen LogP contribution is 2.50.